The Morgan fingerprint density at radius 3 is 2.42 bits per heavy atom. The first kappa shape index (κ1) is 25.1. The number of ether oxygens (including phenoxy) is 4. The lowest BCUT2D eigenvalue weighted by Crippen LogP contribution is -2.14. The predicted octanol–water partition coefficient (Wildman–Crippen LogP) is 5.69. The van der Waals surface area contributed by atoms with Gasteiger partial charge in [-0.25, -0.2) is 17.8 Å². The smallest absolute Gasteiger partial charge is 0.262 e. The molecule has 1 N–H and O–H groups in total. The molecule has 8 nitrogen and oxygen atoms in total. The molecule has 0 amide bonds. The number of nitrogens with one attached hydrogen (secondary N) is 1. The summed E-state index contributed by atoms with van der Waals surface area (Å²) in [5, 5.41) is 0.631. The number of fused-ring (bicyclic) bond motifs is 1. The Balaban J connectivity index is 1.64. The maximum atomic E-state index is 15.0. The third-order valence-corrected chi connectivity index (χ3v) is 6.69. The van der Waals surface area contributed by atoms with Gasteiger partial charge in [-0.3, -0.25) is 4.72 Å². The Bertz CT molecular complexity index is 1520. The Kier molecular flexibility index (Phi) is 7.16. The lowest BCUT2D eigenvalue weighted by molar-refractivity contribution is 0.329. The first-order valence-electron chi connectivity index (χ1n) is 11.0. The zero-order valence-corrected chi connectivity index (χ0v) is 21.0. The minimum atomic E-state index is -4.04. The summed E-state index contributed by atoms with van der Waals surface area (Å²) in [5.74, 6) is 0.637. The molecule has 4 rings (SSSR count). The summed E-state index contributed by atoms with van der Waals surface area (Å²) < 4.78 is 65.2. The summed E-state index contributed by atoms with van der Waals surface area (Å²) in [7, 11) is -1.14. The monoisotopic (exact) mass is 512 g/mol. The van der Waals surface area contributed by atoms with Crippen LogP contribution in [0.15, 0.2) is 65.6 Å². The predicted molar refractivity (Wildman–Crippen MR) is 134 cm³/mol. The zero-order valence-electron chi connectivity index (χ0n) is 20.2. The minimum absolute atomic E-state index is 0.0109. The van der Waals surface area contributed by atoms with Gasteiger partial charge < -0.3 is 18.9 Å². The van der Waals surface area contributed by atoms with Crippen LogP contribution in [-0.2, 0) is 10.0 Å². The number of nitrogens with zero attached hydrogens (tertiary/aromatic N) is 1. The number of aryl methyl sites for hydroxylation is 1. The van der Waals surface area contributed by atoms with E-state index in [1.165, 1.54) is 38.5 Å². The van der Waals surface area contributed by atoms with E-state index >= 15 is 0 Å². The lowest BCUT2D eigenvalue weighted by atomic mass is 10.2. The fraction of sp³-hybridized carbons (Fsp3) is 0.192. The molecule has 1 heterocycles. The van der Waals surface area contributed by atoms with Gasteiger partial charge in [0.1, 0.15) is 11.5 Å². The average Bonchev–Trinajstić information content (AvgIpc) is 2.86. The van der Waals surface area contributed by atoms with Crippen molar-refractivity contribution in [1.29, 1.82) is 0 Å². The molecule has 188 valence electrons. The van der Waals surface area contributed by atoms with Crippen molar-refractivity contribution in [2.24, 2.45) is 0 Å². The number of hydrogen-bond donors (Lipinski definition) is 1. The third kappa shape index (κ3) is 4.99. The molecule has 3 aromatic carbocycles. The molecule has 0 atom stereocenters. The summed E-state index contributed by atoms with van der Waals surface area (Å²) in [4.78, 5) is 4.39. The van der Waals surface area contributed by atoms with Gasteiger partial charge in [0, 0.05) is 11.5 Å². The average molecular weight is 513 g/mol. The van der Waals surface area contributed by atoms with E-state index in [9.17, 15) is 12.8 Å². The molecule has 0 fully saturated rings. The molecule has 36 heavy (non-hydrogen) atoms. The van der Waals surface area contributed by atoms with E-state index in [0.717, 1.165) is 6.07 Å². The summed E-state index contributed by atoms with van der Waals surface area (Å²) >= 11 is 0. The number of halogens is 1. The van der Waals surface area contributed by atoms with Crippen LogP contribution in [0.4, 0.5) is 10.1 Å². The quantitative estimate of drug-likeness (QED) is 0.308. The summed E-state index contributed by atoms with van der Waals surface area (Å²) in [5.41, 5.74) is 1.02. The van der Waals surface area contributed by atoms with E-state index in [4.69, 9.17) is 18.9 Å². The highest BCUT2D eigenvalue weighted by Crippen LogP contribution is 2.43. The van der Waals surface area contributed by atoms with Crippen LogP contribution in [0.2, 0.25) is 0 Å². The topological polar surface area (TPSA) is 96.0 Å². The molecule has 0 aliphatic rings. The van der Waals surface area contributed by atoms with Crippen LogP contribution in [0.25, 0.3) is 10.9 Å². The number of aromatic nitrogens is 1. The lowest BCUT2D eigenvalue weighted by Gasteiger charge is -2.16. The van der Waals surface area contributed by atoms with Crippen molar-refractivity contribution < 1.29 is 31.8 Å². The van der Waals surface area contributed by atoms with Crippen molar-refractivity contribution in [1.82, 2.24) is 4.98 Å². The Hall–Kier alpha value is -4.05. The molecule has 0 bridgehead atoms. The molecule has 1 aromatic heterocycles. The second-order valence-corrected chi connectivity index (χ2v) is 9.39. The third-order valence-electron chi connectivity index (χ3n) is 5.33. The molecular formula is C26H25FN2O6S. The second-order valence-electron chi connectivity index (χ2n) is 7.71. The first-order valence-corrected chi connectivity index (χ1v) is 12.5. The fourth-order valence-corrected chi connectivity index (χ4v) is 4.78. The number of sulfonamides is 1. The van der Waals surface area contributed by atoms with Crippen molar-refractivity contribution in [3.05, 3.63) is 72.0 Å². The van der Waals surface area contributed by atoms with Crippen molar-refractivity contribution in [2.75, 3.05) is 25.5 Å². The molecule has 0 saturated heterocycles. The van der Waals surface area contributed by atoms with E-state index in [1.54, 1.807) is 25.1 Å². The van der Waals surface area contributed by atoms with Crippen LogP contribution < -0.4 is 23.7 Å². The van der Waals surface area contributed by atoms with Crippen LogP contribution in [0.1, 0.15) is 12.5 Å². The highest BCUT2D eigenvalue weighted by molar-refractivity contribution is 7.92. The number of para-hydroxylation sites is 1. The minimum Gasteiger partial charge on any atom is -0.494 e. The maximum absolute atomic E-state index is 15.0. The van der Waals surface area contributed by atoms with Gasteiger partial charge in [0.05, 0.1) is 36.9 Å². The van der Waals surface area contributed by atoms with E-state index < -0.39 is 15.8 Å². The van der Waals surface area contributed by atoms with Gasteiger partial charge in [-0.15, -0.1) is 0 Å². The van der Waals surface area contributed by atoms with Crippen molar-refractivity contribution in [3.63, 3.8) is 0 Å². The highest BCUT2D eigenvalue weighted by Gasteiger charge is 2.21. The summed E-state index contributed by atoms with van der Waals surface area (Å²) in [6.07, 6.45) is 0. The molecule has 10 heteroatoms. The Morgan fingerprint density at radius 2 is 1.75 bits per heavy atom. The van der Waals surface area contributed by atoms with Crippen molar-refractivity contribution in [2.45, 2.75) is 18.7 Å². The van der Waals surface area contributed by atoms with E-state index in [0.29, 0.717) is 28.8 Å². The molecule has 0 radical (unpaired) electrons. The molecule has 0 unspecified atom stereocenters. The van der Waals surface area contributed by atoms with E-state index in [-0.39, 0.29) is 33.7 Å². The molecule has 0 aliphatic carbocycles. The van der Waals surface area contributed by atoms with Crippen LogP contribution in [-0.4, -0.2) is 34.2 Å². The van der Waals surface area contributed by atoms with E-state index in [1.807, 2.05) is 19.1 Å². The first-order chi connectivity index (χ1) is 17.3. The van der Waals surface area contributed by atoms with Gasteiger partial charge in [-0.05, 0) is 61.9 Å². The number of methoxy groups -OCH3 is 2. The van der Waals surface area contributed by atoms with Gasteiger partial charge >= 0.3 is 0 Å². The summed E-state index contributed by atoms with van der Waals surface area (Å²) in [6.45, 7) is 4.03. The zero-order chi connectivity index (χ0) is 25.9. The number of pyridine rings is 1. The van der Waals surface area contributed by atoms with Gasteiger partial charge in [-0.1, -0.05) is 12.1 Å². The number of hydrogen-bond acceptors (Lipinski definition) is 7. The number of benzene rings is 3. The van der Waals surface area contributed by atoms with E-state index in [2.05, 4.69) is 9.71 Å². The van der Waals surface area contributed by atoms with Crippen LogP contribution in [0, 0.1) is 12.7 Å². The fourth-order valence-electron chi connectivity index (χ4n) is 3.63. The van der Waals surface area contributed by atoms with Crippen LogP contribution >= 0.6 is 0 Å². The maximum Gasteiger partial charge on any atom is 0.262 e. The number of rotatable bonds is 9. The van der Waals surface area contributed by atoms with Gasteiger partial charge in [0.2, 0.25) is 5.75 Å². The largest absolute Gasteiger partial charge is 0.494 e. The summed E-state index contributed by atoms with van der Waals surface area (Å²) in [6, 6.07) is 15.5. The molecule has 0 spiro atoms. The number of anilines is 1. The Morgan fingerprint density at radius 1 is 0.972 bits per heavy atom. The van der Waals surface area contributed by atoms with Gasteiger partial charge in [0.25, 0.3) is 15.9 Å². The van der Waals surface area contributed by atoms with Gasteiger partial charge in [-0.2, -0.15) is 0 Å². The molecule has 4 aromatic rings. The van der Waals surface area contributed by atoms with Crippen molar-refractivity contribution in [3.8, 4) is 28.9 Å². The molecular weight excluding hydrogens is 487 g/mol. The highest BCUT2D eigenvalue weighted by atomic mass is 32.2. The normalized spacial score (nSPS) is 11.2. The van der Waals surface area contributed by atoms with Crippen molar-refractivity contribution >= 4 is 26.6 Å². The molecule has 0 saturated carbocycles. The van der Waals surface area contributed by atoms with Crippen LogP contribution in [0.3, 0.4) is 0 Å². The SMILES string of the molecule is CCOc1ccc(S(=O)(=O)Nc2ccc(Oc3c(OC)c(OC)nc4ccccc34)cc2F)cc1C. The standard InChI is InChI=1S/C26H25FN2O6S/c1-5-34-23-13-11-18(14-16(23)2)36(30,31)29-22-12-10-17(15-20(22)27)35-24-19-8-6-7-9-21(19)28-26(33-4)25(24)32-3/h6-15,29H,5H2,1-4H3. The second kappa shape index (κ2) is 10.3. The van der Waals surface area contributed by atoms with Crippen LogP contribution in [0.5, 0.6) is 28.9 Å². The molecule has 0 aliphatic heterocycles. The van der Waals surface area contributed by atoms with Gasteiger partial charge in [0.15, 0.2) is 11.6 Å². The Labute approximate surface area is 208 Å².